The summed E-state index contributed by atoms with van der Waals surface area (Å²) in [5.41, 5.74) is 1.88. The highest BCUT2D eigenvalue weighted by Crippen LogP contribution is 2.45. The van der Waals surface area contributed by atoms with E-state index in [1.165, 1.54) is 0 Å². The number of cyclic esters (lactones) is 1. The van der Waals surface area contributed by atoms with Crippen molar-refractivity contribution in [3.8, 4) is 11.5 Å². The van der Waals surface area contributed by atoms with Gasteiger partial charge in [0.2, 0.25) is 6.79 Å². The van der Waals surface area contributed by atoms with E-state index in [-0.39, 0.29) is 24.6 Å². The summed E-state index contributed by atoms with van der Waals surface area (Å²) in [5, 5.41) is 10.5. The molecular weight excluding hydrogens is 248 g/mol. The third-order valence-electron chi connectivity index (χ3n) is 4.32. The molecule has 100 valence electrons. The molecule has 3 aliphatic rings. The molecule has 0 bridgehead atoms. The van der Waals surface area contributed by atoms with Gasteiger partial charge in [0, 0.05) is 5.92 Å². The minimum Gasteiger partial charge on any atom is -0.465 e. The Morgan fingerprint density at radius 2 is 1.95 bits per heavy atom. The zero-order valence-corrected chi connectivity index (χ0v) is 10.3. The van der Waals surface area contributed by atoms with Crippen LogP contribution in [0.25, 0.3) is 0 Å². The van der Waals surface area contributed by atoms with E-state index < -0.39 is 6.10 Å². The standard InChI is InChI=1S/C14H14O5/c15-13-9-4-12-11(18-6-19-12)3-7(9)1-2-8-10(13)5-17-14(8)16/h3-4,8,10,13,15H,1-2,5-6H2/t8-,10-,13+/m1/s1. The molecule has 1 saturated heterocycles. The zero-order valence-electron chi connectivity index (χ0n) is 10.3. The van der Waals surface area contributed by atoms with E-state index in [0.29, 0.717) is 18.8 Å². The highest BCUT2D eigenvalue weighted by Gasteiger charge is 2.44. The molecule has 0 spiro atoms. The Balaban J connectivity index is 1.79. The molecule has 1 N–H and O–H groups in total. The van der Waals surface area contributed by atoms with Crippen molar-refractivity contribution in [1.29, 1.82) is 0 Å². The van der Waals surface area contributed by atoms with Crippen molar-refractivity contribution in [1.82, 2.24) is 0 Å². The van der Waals surface area contributed by atoms with Crippen LogP contribution in [0.4, 0.5) is 0 Å². The number of hydrogen-bond acceptors (Lipinski definition) is 5. The number of hydrogen-bond donors (Lipinski definition) is 1. The minimum atomic E-state index is -0.677. The number of aryl methyl sites for hydroxylation is 1. The second kappa shape index (κ2) is 3.87. The van der Waals surface area contributed by atoms with Gasteiger partial charge >= 0.3 is 5.97 Å². The van der Waals surface area contributed by atoms with E-state index in [4.69, 9.17) is 14.2 Å². The van der Waals surface area contributed by atoms with Crippen molar-refractivity contribution >= 4 is 5.97 Å². The lowest BCUT2D eigenvalue weighted by Gasteiger charge is -2.19. The Bertz CT molecular complexity index is 553. The normalized spacial score (nSPS) is 31.4. The summed E-state index contributed by atoms with van der Waals surface area (Å²) in [6, 6.07) is 3.76. The molecule has 0 aromatic heterocycles. The molecule has 2 heterocycles. The molecule has 19 heavy (non-hydrogen) atoms. The Hall–Kier alpha value is -1.75. The van der Waals surface area contributed by atoms with E-state index in [0.717, 1.165) is 23.3 Å². The number of benzene rings is 1. The molecule has 0 amide bonds. The van der Waals surface area contributed by atoms with Gasteiger partial charge in [0.25, 0.3) is 0 Å². The Labute approximate surface area is 110 Å². The second-order valence-electron chi connectivity index (χ2n) is 5.29. The first kappa shape index (κ1) is 11.1. The van der Waals surface area contributed by atoms with Crippen LogP contribution in [-0.2, 0) is 16.0 Å². The van der Waals surface area contributed by atoms with Crippen LogP contribution in [0.1, 0.15) is 23.7 Å². The van der Waals surface area contributed by atoms with Crippen LogP contribution in [-0.4, -0.2) is 24.5 Å². The summed E-state index contributed by atoms with van der Waals surface area (Å²) in [4.78, 5) is 11.7. The predicted octanol–water partition coefficient (Wildman–Crippen LogP) is 1.18. The molecule has 1 aromatic carbocycles. The topological polar surface area (TPSA) is 65.0 Å². The molecule has 1 aromatic rings. The number of ether oxygens (including phenoxy) is 3. The van der Waals surface area contributed by atoms with Gasteiger partial charge in [-0.05, 0) is 36.1 Å². The molecule has 3 atom stereocenters. The highest BCUT2D eigenvalue weighted by atomic mass is 16.7. The number of aliphatic hydroxyl groups excluding tert-OH is 1. The molecule has 0 saturated carbocycles. The molecule has 4 rings (SSSR count). The minimum absolute atomic E-state index is 0.144. The molecule has 0 unspecified atom stereocenters. The molecule has 1 aliphatic carbocycles. The Morgan fingerprint density at radius 1 is 1.16 bits per heavy atom. The van der Waals surface area contributed by atoms with Crippen LogP contribution >= 0.6 is 0 Å². The van der Waals surface area contributed by atoms with Crippen molar-refractivity contribution in [2.45, 2.75) is 18.9 Å². The zero-order chi connectivity index (χ0) is 13.0. The van der Waals surface area contributed by atoms with Crippen molar-refractivity contribution in [2.75, 3.05) is 13.4 Å². The number of aliphatic hydroxyl groups is 1. The lowest BCUT2D eigenvalue weighted by molar-refractivity contribution is -0.141. The van der Waals surface area contributed by atoms with Gasteiger partial charge in [0.15, 0.2) is 11.5 Å². The van der Waals surface area contributed by atoms with Crippen molar-refractivity contribution in [2.24, 2.45) is 11.8 Å². The fraction of sp³-hybridized carbons (Fsp3) is 0.500. The summed E-state index contributed by atoms with van der Waals surface area (Å²) in [6.45, 7) is 0.528. The predicted molar refractivity (Wildman–Crippen MR) is 63.8 cm³/mol. The largest absolute Gasteiger partial charge is 0.465 e. The average molecular weight is 262 g/mol. The monoisotopic (exact) mass is 262 g/mol. The lowest BCUT2D eigenvalue weighted by Crippen LogP contribution is -2.20. The number of carbonyl (C=O) groups is 1. The highest BCUT2D eigenvalue weighted by molar-refractivity contribution is 5.75. The van der Waals surface area contributed by atoms with E-state index >= 15 is 0 Å². The fourth-order valence-electron chi connectivity index (χ4n) is 3.25. The van der Waals surface area contributed by atoms with Gasteiger partial charge in [-0.15, -0.1) is 0 Å². The molecule has 2 aliphatic heterocycles. The lowest BCUT2D eigenvalue weighted by atomic mass is 9.87. The first-order valence-electron chi connectivity index (χ1n) is 6.51. The summed E-state index contributed by atoms with van der Waals surface area (Å²) < 4.78 is 15.8. The van der Waals surface area contributed by atoms with E-state index in [1.54, 1.807) is 0 Å². The number of carbonyl (C=O) groups excluding carboxylic acids is 1. The van der Waals surface area contributed by atoms with Crippen LogP contribution in [0.5, 0.6) is 11.5 Å². The second-order valence-corrected chi connectivity index (χ2v) is 5.29. The maximum absolute atomic E-state index is 11.7. The summed E-state index contributed by atoms with van der Waals surface area (Å²) in [5.74, 6) is 0.868. The maximum atomic E-state index is 11.7. The van der Waals surface area contributed by atoms with E-state index in [2.05, 4.69) is 0 Å². The van der Waals surface area contributed by atoms with Gasteiger partial charge in [0.05, 0.1) is 18.6 Å². The Kier molecular flexibility index (Phi) is 2.26. The van der Waals surface area contributed by atoms with Gasteiger partial charge in [0.1, 0.15) is 0 Å². The van der Waals surface area contributed by atoms with E-state index in [9.17, 15) is 9.90 Å². The summed E-state index contributed by atoms with van der Waals surface area (Å²) in [7, 11) is 0. The Morgan fingerprint density at radius 3 is 2.79 bits per heavy atom. The first-order valence-corrected chi connectivity index (χ1v) is 6.51. The van der Waals surface area contributed by atoms with Gasteiger partial charge in [-0.25, -0.2) is 0 Å². The van der Waals surface area contributed by atoms with Gasteiger partial charge in [-0.3, -0.25) is 4.79 Å². The van der Waals surface area contributed by atoms with Crippen molar-refractivity contribution in [3.63, 3.8) is 0 Å². The summed E-state index contributed by atoms with van der Waals surface area (Å²) >= 11 is 0. The molecule has 5 nitrogen and oxygen atoms in total. The van der Waals surface area contributed by atoms with Crippen LogP contribution in [0.3, 0.4) is 0 Å². The van der Waals surface area contributed by atoms with Crippen LogP contribution in [0, 0.1) is 11.8 Å². The molecule has 1 fully saturated rings. The first-order chi connectivity index (χ1) is 9.24. The van der Waals surface area contributed by atoms with Crippen molar-refractivity contribution in [3.05, 3.63) is 23.3 Å². The molecular formula is C14H14O5. The fourth-order valence-corrected chi connectivity index (χ4v) is 3.25. The SMILES string of the molecule is O=C1OC[C@@H]2[C@H]1CCc1cc3c(cc1[C@@H]2O)OCO3. The molecule has 5 heteroatoms. The van der Waals surface area contributed by atoms with Gasteiger partial charge in [-0.1, -0.05) is 0 Å². The quantitative estimate of drug-likeness (QED) is 0.711. The van der Waals surface area contributed by atoms with Crippen LogP contribution < -0.4 is 9.47 Å². The third-order valence-corrected chi connectivity index (χ3v) is 4.32. The average Bonchev–Trinajstić information content (AvgIpc) is 2.97. The van der Waals surface area contributed by atoms with Crippen LogP contribution in [0.2, 0.25) is 0 Å². The van der Waals surface area contributed by atoms with Crippen LogP contribution in [0.15, 0.2) is 12.1 Å². The van der Waals surface area contributed by atoms with Crippen molar-refractivity contribution < 1.29 is 24.1 Å². The number of esters is 1. The maximum Gasteiger partial charge on any atom is 0.309 e. The molecule has 0 radical (unpaired) electrons. The third kappa shape index (κ3) is 1.54. The smallest absolute Gasteiger partial charge is 0.309 e. The number of fused-ring (bicyclic) bond motifs is 3. The van der Waals surface area contributed by atoms with Gasteiger partial charge in [-0.2, -0.15) is 0 Å². The van der Waals surface area contributed by atoms with E-state index in [1.807, 2.05) is 12.1 Å². The van der Waals surface area contributed by atoms with Gasteiger partial charge < -0.3 is 19.3 Å². The summed E-state index contributed by atoms with van der Waals surface area (Å²) in [6.07, 6.45) is 0.787. The number of rotatable bonds is 0.